The number of nitrogens with one attached hydrogen (secondary N) is 2. The number of ether oxygens (including phenoxy) is 1. The molecule has 1 aliphatic rings. The molecule has 2 heterocycles. The van der Waals surface area contributed by atoms with E-state index in [4.69, 9.17) is 27.9 Å². The van der Waals surface area contributed by atoms with Crippen LogP contribution in [0.1, 0.15) is 24.6 Å². The number of hydrogen-bond acceptors (Lipinski definition) is 4. The Labute approximate surface area is 184 Å². The highest BCUT2D eigenvalue weighted by molar-refractivity contribution is 6.31. The van der Waals surface area contributed by atoms with Crippen molar-refractivity contribution in [3.8, 4) is 5.75 Å². The van der Waals surface area contributed by atoms with Crippen molar-refractivity contribution in [1.29, 1.82) is 0 Å². The number of carbonyl (C=O) groups excluding carboxylic acids is 1. The Bertz CT molecular complexity index is 1080. The Kier molecular flexibility index (Phi) is 6.20. The number of aromatic amines is 1. The van der Waals surface area contributed by atoms with Gasteiger partial charge in [-0.05, 0) is 42.0 Å². The molecule has 0 fully saturated rings. The first kappa shape index (κ1) is 21.0. The van der Waals surface area contributed by atoms with Crippen LogP contribution in [0.4, 0.5) is 5.69 Å². The van der Waals surface area contributed by atoms with Crippen LogP contribution in [-0.2, 0) is 17.8 Å². The normalized spacial score (nSPS) is 15.1. The fraction of sp³-hybridized carbons (Fsp3) is 0.318. The van der Waals surface area contributed by atoms with E-state index in [9.17, 15) is 9.90 Å². The molecule has 8 heteroatoms. The molecule has 3 N–H and O–H groups in total. The predicted molar refractivity (Wildman–Crippen MR) is 119 cm³/mol. The minimum Gasteiger partial charge on any atom is -0.491 e. The molecule has 0 saturated carbocycles. The standard InChI is InChI=1S/C22H23Cl2N3O3/c1-13(28)25-20-11-15(24)3-5-21(20)30-9-7-22(29)27-8-6-19-17(12-27)16-10-14(23)2-4-18(16)26-19/h2-5,10-11,22,26,29H,6-9,12H2,1H3,(H,25,28). The fourth-order valence-electron chi connectivity index (χ4n) is 3.83. The predicted octanol–water partition coefficient (Wildman–Crippen LogP) is 4.58. The lowest BCUT2D eigenvalue weighted by molar-refractivity contribution is -0.114. The van der Waals surface area contributed by atoms with Crippen molar-refractivity contribution in [3.05, 3.63) is 57.7 Å². The van der Waals surface area contributed by atoms with Gasteiger partial charge in [0.25, 0.3) is 0 Å². The van der Waals surface area contributed by atoms with E-state index in [-0.39, 0.29) is 5.91 Å². The third-order valence-electron chi connectivity index (χ3n) is 5.27. The molecule has 30 heavy (non-hydrogen) atoms. The molecule has 1 atom stereocenters. The van der Waals surface area contributed by atoms with E-state index in [0.29, 0.717) is 41.1 Å². The van der Waals surface area contributed by atoms with Gasteiger partial charge in [-0.15, -0.1) is 0 Å². The minimum atomic E-state index is -0.640. The topological polar surface area (TPSA) is 77.6 Å². The van der Waals surface area contributed by atoms with Gasteiger partial charge in [-0.2, -0.15) is 0 Å². The van der Waals surface area contributed by atoms with Gasteiger partial charge in [0, 0.05) is 59.5 Å². The molecule has 0 aliphatic carbocycles. The number of aliphatic hydroxyl groups excluding tert-OH is 1. The number of aliphatic hydroxyl groups is 1. The fourth-order valence-corrected chi connectivity index (χ4v) is 4.18. The van der Waals surface area contributed by atoms with Crippen LogP contribution in [0.3, 0.4) is 0 Å². The van der Waals surface area contributed by atoms with Gasteiger partial charge in [0.05, 0.1) is 12.3 Å². The van der Waals surface area contributed by atoms with E-state index in [1.54, 1.807) is 18.2 Å². The molecule has 1 unspecified atom stereocenters. The Morgan fingerprint density at radius 2 is 2.03 bits per heavy atom. The Balaban J connectivity index is 1.39. The minimum absolute atomic E-state index is 0.204. The van der Waals surface area contributed by atoms with Crippen molar-refractivity contribution < 1.29 is 14.6 Å². The molecule has 0 radical (unpaired) electrons. The van der Waals surface area contributed by atoms with Crippen LogP contribution in [-0.4, -0.2) is 40.3 Å². The Hall–Kier alpha value is -2.25. The molecule has 1 aliphatic heterocycles. The maximum absolute atomic E-state index is 11.4. The second-order valence-electron chi connectivity index (χ2n) is 7.43. The number of carbonyl (C=O) groups is 1. The second-order valence-corrected chi connectivity index (χ2v) is 8.30. The molecule has 0 bridgehead atoms. The third kappa shape index (κ3) is 4.57. The van der Waals surface area contributed by atoms with Gasteiger partial charge in [-0.25, -0.2) is 0 Å². The number of rotatable bonds is 6. The Morgan fingerprint density at radius 3 is 2.83 bits per heavy atom. The lowest BCUT2D eigenvalue weighted by Gasteiger charge is -2.31. The molecule has 6 nitrogen and oxygen atoms in total. The highest BCUT2D eigenvalue weighted by Crippen LogP contribution is 2.31. The number of amides is 1. The van der Waals surface area contributed by atoms with Crippen molar-refractivity contribution in [2.45, 2.75) is 32.5 Å². The maximum atomic E-state index is 11.4. The average Bonchev–Trinajstić information content (AvgIpc) is 3.06. The van der Waals surface area contributed by atoms with Crippen LogP contribution >= 0.6 is 23.2 Å². The van der Waals surface area contributed by atoms with E-state index in [0.717, 1.165) is 23.9 Å². The first-order chi connectivity index (χ1) is 14.4. The molecule has 0 spiro atoms. The molecule has 1 aromatic heterocycles. The summed E-state index contributed by atoms with van der Waals surface area (Å²) in [6, 6.07) is 10.9. The van der Waals surface area contributed by atoms with Crippen molar-refractivity contribution in [2.24, 2.45) is 0 Å². The molecular weight excluding hydrogens is 425 g/mol. The van der Waals surface area contributed by atoms with E-state index >= 15 is 0 Å². The third-order valence-corrected chi connectivity index (χ3v) is 5.74. The van der Waals surface area contributed by atoms with Crippen molar-refractivity contribution in [2.75, 3.05) is 18.5 Å². The van der Waals surface area contributed by atoms with Crippen LogP contribution in [0, 0.1) is 0 Å². The molecule has 158 valence electrons. The largest absolute Gasteiger partial charge is 0.491 e. The second kappa shape index (κ2) is 8.86. The van der Waals surface area contributed by atoms with Crippen molar-refractivity contribution in [3.63, 3.8) is 0 Å². The average molecular weight is 448 g/mol. The van der Waals surface area contributed by atoms with Gasteiger partial charge in [0.2, 0.25) is 5.91 Å². The number of halogens is 2. The molecular formula is C22H23Cl2N3O3. The molecule has 3 aromatic rings. The summed E-state index contributed by atoms with van der Waals surface area (Å²) in [5, 5.41) is 15.7. The first-order valence-electron chi connectivity index (χ1n) is 9.82. The van der Waals surface area contributed by atoms with Crippen LogP contribution in [0.2, 0.25) is 10.0 Å². The van der Waals surface area contributed by atoms with Crippen LogP contribution in [0.5, 0.6) is 5.75 Å². The number of fused-ring (bicyclic) bond motifs is 3. The summed E-state index contributed by atoms with van der Waals surface area (Å²) in [7, 11) is 0. The van der Waals surface area contributed by atoms with E-state index in [1.165, 1.54) is 18.2 Å². The summed E-state index contributed by atoms with van der Waals surface area (Å²) in [6.45, 7) is 3.14. The summed E-state index contributed by atoms with van der Waals surface area (Å²) in [5.41, 5.74) is 3.97. The van der Waals surface area contributed by atoms with Crippen LogP contribution < -0.4 is 10.1 Å². The highest BCUT2D eigenvalue weighted by Gasteiger charge is 2.25. The Morgan fingerprint density at radius 1 is 1.27 bits per heavy atom. The number of aromatic nitrogens is 1. The summed E-state index contributed by atoms with van der Waals surface area (Å²) in [6.07, 6.45) is 0.628. The number of anilines is 1. The van der Waals surface area contributed by atoms with E-state index in [1.807, 2.05) is 23.1 Å². The summed E-state index contributed by atoms with van der Waals surface area (Å²) >= 11 is 12.2. The van der Waals surface area contributed by atoms with Crippen LogP contribution in [0.25, 0.3) is 10.9 Å². The molecule has 0 saturated heterocycles. The number of hydrogen-bond donors (Lipinski definition) is 3. The summed E-state index contributed by atoms with van der Waals surface area (Å²) < 4.78 is 5.81. The maximum Gasteiger partial charge on any atom is 0.221 e. The van der Waals surface area contributed by atoms with Gasteiger partial charge in [-0.3, -0.25) is 9.69 Å². The van der Waals surface area contributed by atoms with Crippen LogP contribution in [0.15, 0.2) is 36.4 Å². The van der Waals surface area contributed by atoms with Crippen molar-refractivity contribution in [1.82, 2.24) is 9.88 Å². The number of nitrogens with zero attached hydrogens (tertiary/aromatic N) is 1. The van der Waals surface area contributed by atoms with Gasteiger partial charge >= 0.3 is 0 Å². The van der Waals surface area contributed by atoms with E-state index in [2.05, 4.69) is 10.3 Å². The molecule has 2 aromatic carbocycles. The monoisotopic (exact) mass is 447 g/mol. The zero-order valence-electron chi connectivity index (χ0n) is 16.5. The summed E-state index contributed by atoms with van der Waals surface area (Å²) in [5.74, 6) is 0.319. The lowest BCUT2D eigenvalue weighted by atomic mass is 10.0. The van der Waals surface area contributed by atoms with Gasteiger partial charge in [0.15, 0.2) is 0 Å². The highest BCUT2D eigenvalue weighted by atomic mass is 35.5. The smallest absolute Gasteiger partial charge is 0.221 e. The number of H-pyrrole nitrogens is 1. The zero-order valence-corrected chi connectivity index (χ0v) is 18.1. The van der Waals surface area contributed by atoms with Gasteiger partial charge < -0.3 is 20.1 Å². The quantitative estimate of drug-likeness (QED) is 0.516. The van der Waals surface area contributed by atoms with Gasteiger partial charge in [0.1, 0.15) is 12.0 Å². The summed E-state index contributed by atoms with van der Waals surface area (Å²) in [4.78, 5) is 16.9. The van der Waals surface area contributed by atoms with E-state index < -0.39 is 6.23 Å². The molecule has 1 amide bonds. The SMILES string of the molecule is CC(=O)Nc1cc(Cl)ccc1OCCC(O)N1CCc2[nH]c3ccc(Cl)cc3c2C1. The first-order valence-corrected chi connectivity index (χ1v) is 10.6. The number of benzene rings is 2. The van der Waals surface area contributed by atoms with Crippen molar-refractivity contribution >= 4 is 45.7 Å². The zero-order chi connectivity index (χ0) is 21.3. The van der Waals surface area contributed by atoms with Gasteiger partial charge in [-0.1, -0.05) is 23.2 Å². The molecule has 4 rings (SSSR count). The lowest BCUT2D eigenvalue weighted by Crippen LogP contribution is -2.39.